The number of carbonyl (C=O) groups is 1. The third kappa shape index (κ3) is 2.01. The molecule has 0 bridgehead atoms. The molecule has 0 amide bonds. The van der Waals surface area contributed by atoms with Crippen LogP contribution in [0.15, 0.2) is 18.2 Å². The molecule has 0 aliphatic carbocycles. The molecular formula is C9H13N3O2. The fourth-order valence-electron chi connectivity index (χ4n) is 1.21. The average Bonchev–Trinajstić information content (AvgIpc) is 2.16. The Morgan fingerprint density at radius 1 is 1.50 bits per heavy atom. The van der Waals surface area contributed by atoms with Crippen molar-refractivity contribution in [1.29, 1.82) is 0 Å². The first kappa shape index (κ1) is 10.5. The predicted molar refractivity (Wildman–Crippen MR) is 53.8 cm³/mol. The second kappa shape index (κ2) is 4.08. The lowest BCUT2D eigenvalue weighted by Gasteiger charge is -2.12. The fourth-order valence-corrected chi connectivity index (χ4v) is 1.21. The normalized spacial score (nSPS) is 12.4. The zero-order valence-corrected chi connectivity index (χ0v) is 7.60. The van der Waals surface area contributed by atoms with Gasteiger partial charge in [-0.2, -0.15) is 0 Å². The van der Waals surface area contributed by atoms with Crippen molar-refractivity contribution in [3.63, 3.8) is 0 Å². The summed E-state index contributed by atoms with van der Waals surface area (Å²) in [5.41, 5.74) is 17.5. The van der Waals surface area contributed by atoms with Crippen LogP contribution >= 0.6 is 0 Å². The number of nitrogens with two attached hydrogens (primary N) is 3. The summed E-state index contributed by atoms with van der Waals surface area (Å²) in [6.45, 7) is 0.199. The first-order chi connectivity index (χ1) is 6.56. The zero-order valence-electron chi connectivity index (χ0n) is 7.60. The van der Waals surface area contributed by atoms with E-state index in [1.165, 1.54) is 6.07 Å². The smallest absolute Gasteiger partial charge is 0.336 e. The maximum atomic E-state index is 10.8. The van der Waals surface area contributed by atoms with Gasteiger partial charge < -0.3 is 22.3 Å². The molecule has 1 aromatic rings. The first-order valence-electron chi connectivity index (χ1n) is 4.14. The van der Waals surface area contributed by atoms with Crippen LogP contribution in [-0.4, -0.2) is 17.6 Å². The summed E-state index contributed by atoms with van der Waals surface area (Å²) in [6.07, 6.45) is 0. The number of rotatable bonds is 3. The van der Waals surface area contributed by atoms with Gasteiger partial charge in [-0.05, 0) is 17.7 Å². The van der Waals surface area contributed by atoms with Crippen molar-refractivity contribution in [2.75, 3.05) is 12.3 Å². The van der Waals surface area contributed by atoms with Gasteiger partial charge in [0, 0.05) is 18.3 Å². The lowest BCUT2D eigenvalue weighted by Crippen LogP contribution is -2.23. The van der Waals surface area contributed by atoms with Gasteiger partial charge in [0.05, 0.1) is 5.56 Å². The van der Waals surface area contributed by atoms with E-state index >= 15 is 0 Å². The van der Waals surface area contributed by atoms with Crippen LogP contribution in [0, 0.1) is 0 Å². The molecule has 0 radical (unpaired) electrons. The molecule has 0 saturated carbocycles. The maximum absolute atomic E-state index is 10.8. The monoisotopic (exact) mass is 195 g/mol. The van der Waals surface area contributed by atoms with Gasteiger partial charge in [0.15, 0.2) is 0 Å². The number of anilines is 1. The van der Waals surface area contributed by atoms with E-state index in [-0.39, 0.29) is 12.1 Å². The van der Waals surface area contributed by atoms with Crippen LogP contribution < -0.4 is 17.2 Å². The van der Waals surface area contributed by atoms with Gasteiger partial charge in [0.25, 0.3) is 0 Å². The van der Waals surface area contributed by atoms with Gasteiger partial charge in [-0.15, -0.1) is 0 Å². The number of benzene rings is 1. The first-order valence-corrected chi connectivity index (χ1v) is 4.14. The summed E-state index contributed by atoms with van der Waals surface area (Å²) >= 11 is 0. The minimum atomic E-state index is -1.05. The summed E-state index contributed by atoms with van der Waals surface area (Å²) in [6, 6.07) is 4.11. The van der Waals surface area contributed by atoms with Crippen LogP contribution in [0.2, 0.25) is 0 Å². The van der Waals surface area contributed by atoms with Gasteiger partial charge in [-0.1, -0.05) is 6.07 Å². The Bertz CT molecular complexity index is 352. The van der Waals surface area contributed by atoms with Crippen LogP contribution in [0.4, 0.5) is 5.69 Å². The highest BCUT2D eigenvalue weighted by molar-refractivity contribution is 5.90. The Hall–Kier alpha value is -1.59. The van der Waals surface area contributed by atoms with E-state index in [1.54, 1.807) is 12.1 Å². The Balaban J connectivity index is 3.21. The van der Waals surface area contributed by atoms with Crippen LogP contribution in [0.3, 0.4) is 0 Å². The van der Waals surface area contributed by atoms with E-state index < -0.39 is 12.0 Å². The fraction of sp³-hybridized carbons (Fsp3) is 0.222. The molecule has 0 heterocycles. The Morgan fingerprint density at radius 2 is 2.14 bits per heavy atom. The van der Waals surface area contributed by atoms with Crippen molar-refractivity contribution in [3.8, 4) is 0 Å². The standard InChI is InChI=1S/C9H13N3O2/c10-4-8(12)6-2-1-5(11)3-7(6)9(13)14/h1-3,8H,4,10-12H2,(H,13,14)/t8-/m0/s1. The molecule has 0 aromatic heterocycles. The van der Waals surface area contributed by atoms with E-state index in [4.69, 9.17) is 22.3 Å². The number of hydrogen-bond acceptors (Lipinski definition) is 4. The molecule has 0 aliphatic rings. The Labute approximate surface area is 81.5 Å². The molecule has 1 rings (SSSR count). The van der Waals surface area contributed by atoms with Crippen molar-refractivity contribution < 1.29 is 9.90 Å². The molecule has 0 saturated heterocycles. The second-order valence-corrected chi connectivity index (χ2v) is 2.99. The number of aromatic carboxylic acids is 1. The summed E-state index contributed by atoms with van der Waals surface area (Å²) in [4.78, 5) is 10.8. The van der Waals surface area contributed by atoms with Crippen LogP contribution in [-0.2, 0) is 0 Å². The van der Waals surface area contributed by atoms with Crippen LogP contribution in [0.1, 0.15) is 22.0 Å². The van der Waals surface area contributed by atoms with Crippen molar-refractivity contribution in [2.45, 2.75) is 6.04 Å². The maximum Gasteiger partial charge on any atom is 0.336 e. The van der Waals surface area contributed by atoms with Crippen molar-refractivity contribution in [2.24, 2.45) is 11.5 Å². The molecule has 0 unspecified atom stereocenters. The number of carboxylic acid groups (broad SMARTS) is 1. The van der Waals surface area contributed by atoms with E-state index in [1.807, 2.05) is 0 Å². The molecule has 0 fully saturated rings. The number of nitrogen functional groups attached to an aromatic ring is 1. The van der Waals surface area contributed by atoms with Gasteiger partial charge >= 0.3 is 5.97 Å². The third-order valence-electron chi connectivity index (χ3n) is 1.96. The van der Waals surface area contributed by atoms with Gasteiger partial charge in [-0.25, -0.2) is 4.79 Å². The summed E-state index contributed by atoms with van der Waals surface area (Å²) in [5, 5.41) is 8.88. The second-order valence-electron chi connectivity index (χ2n) is 2.99. The van der Waals surface area contributed by atoms with E-state index in [9.17, 15) is 4.79 Å². The third-order valence-corrected chi connectivity index (χ3v) is 1.96. The highest BCUT2D eigenvalue weighted by atomic mass is 16.4. The number of carboxylic acids is 1. The highest BCUT2D eigenvalue weighted by Gasteiger charge is 2.14. The molecule has 5 heteroatoms. The average molecular weight is 195 g/mol. The lowest BCUT2D eigenvalue weighted by molar-refractivity contribution is 0.0695. The Morgan fingerprint density at radius 3 is 2.64 bits per heavy atom. The molecule has 7 N–H and O–H groups in total. The minimum Gasteiger partial charge on any atom is -0.478 e. The molecule has 0 aliphatic heterocycles. The molecule has 1 aromatic carbocycles. The summed E-state index contributed by atoms with van der Waals surface area (Å²) < 4.78 is 0. The van der Waals surface area contributed by atoms with Crippen molar-refractivity contribution in [3.05, 3.63) is 29.3 Å². The quantitative estimate of drug-likeness (QED) is 0.504. The largest absolute Gasteiger partial charge is 0.478 e. The summed E-state index contributed by atoms with van der Waals surface area (Å²) in [5.74, 6) is -1.05. The molecule has 76 valence electrons. The van der Waals surface area contributed by atoms with Gasteiger partial charge in [0.2, 0.25) is 0 Å². The van der Waals surface area contributed by atoms with Crippen LogP contribution in [0.25, 0.3) is 0 Å². The topological polar surface area (TPSA) is 115 Å². The van der Waals surface area contributed by atoms with E-state index in [0.29, 0.717) is 11.3 Å². The minimum absolute atomic E-state index is 0.114. The van der Waals surface area contributed by atoms with Crippen molar-refractivity contribution in [1.82, 2.24) is 0 Å². The Kier molecular flexibility index (Phi) is 3.06. The molecule has 1 atom stereocenters. The van der Waals surface area contributed by atoms with Gasteiger partial charge in [0.1, 0.15) is 0 Å². The van der Waals surface area contributed by atoms with Crippen molar-refractivity contribution >= 4 is 11.7 Å². The molecule has 5 nitrogen and oxygen atoms in total. The molecule has 14 heavy (non-hydrogen) atoms. The van der Waals surface area contributed by atoms with Gasteiger partial charge in [-0.3, -0.25) is 0 Å². The lowest BCUT2D eigenvalue weighted by atomic mass is 10.0. The highest BCUT2D eigenvalue weighted by Crippen LogP contribution is 2.18. The molecule has 0 spiro atoms. The summed E-state index contributed by atoms with van der Waals surface area (Å²) in [7, 11) is 0. The molecular weight excluding hydrogens is 182 g/mol. The van der Waals surface area contributed by atoms with E-state index in [2.05, 4.69) is 0 Å². The predicted octanol–water partition coefficient (Wildman–Crippen LogP) is -0.0745. The van der Waals surface area contributed by atoms with E-state index in [0.717, 1.165) is 0 Å². The zero-order chi connectivity index (χ0) is 10.7. The number of hydrogen-bond donors (Lipinski definition) is 4. The SMILES string of the molecule is NC[C@H](N)c1ccc(N)cc1C(=O)O. The van der Waals surface area contributed by atoms with Crippen LogP contribution in [0.5, 0.6) is 0 Å².